The molecule has 3 amide bonds. The van der Waals surface area contributed by atoms with Gasteiger partial charge in [-0.3, -0.25) is 9.59 Å². The van der Waals surface area contributed by atoms with E-state index in [1.807, 2.05) is 55.4 Å². The molecular weight excluding hydrogens is 344 g/mol. The smallest absolute Gasteiger partial charge is 0.312 e. The molecule has 0 saturated heterocycles. The van der Waals surface area contributed by atoms with Gasteiger partial charge in [-0.05, 0) is 46.0 Å². The van der Waals surface area contributed by atoms with E-state index in [2.05, 4.69) is 16.0 Å². The normalized spacial score (nSPS) is 14.6. The molecular formula is C20H40N4O3. The van der Waals surface area contributed by atoms with E-state index < -0.39 is 23.5 Å². The molecule has 0 aromatic heterocycles. The molecule has 0 fully saturated rings. The van der Waals surface area contributed by atoms with Gasteiger partial charge in [-0.1, -0.05) is 34.6 Å². The minimum Gasteiger partial charge on any atom is -0.352 e. The Balaban J connectivity index is 5.26. The van der Waals surface area contributed by atoms with E-state index in [0.29, 0.717) is 25.8 Å². The molecule has 0 saturated carbocycles. The van der Waals surface area contributed by atoms with Gasteiger partial charge >= 0.3 is 6.03 Å². The zero-order chi connectivity index (χ0) is 21.4. The second-order valence-corrected chi connectivity index (χ2v) is 9.21. The largest absolute Gasteiger partial charge is 0.352 e. The van der Waals surface area contributed by atoms with Crippen molar-refractivity contribution >= 4 is 17.7 Å². The van der Waals surface area contributed by atoms with Crippen molar-refractivity contribution in [2.24, 2.45) is 17.1 Å². The number of Topliss-reactive ketones (excluding diaryl/α,β-unsaturated/α-hetero) is 1. The van der Waals surface area contributed by atoms with Crippen molar-refractivity contribution in [2.75, 3.05) is 6.54 Å². The zero-order valence-electron chi connectivity index (χ0n) is 18.4. The number of amides is 3. The van der Waals surface area contributed by atoms with Gasteiger partial charge in [-0.2, -0.15) is 0 Å². The minimum atomic E-state index is -0.593. The molecule has 5 N–H and O–H groups in total. The maximum Gasteiger partial charge on any atom is 0.312 e. The number of nitrogens with two attached hydrogens (primary N) is 1. The van der Waals surface area contributed by atoms with Crippen LogP contribution in [0.2, 0.25) is 0 Å². The number of rotatable bonds is 11. The number of hydrogen-bond donors (Lipinski definition) is 4. The first-order valence-corrected chi connectivity index (χ1v) is 9.87. The summed E-state index contributed by atoms with van der Waals surface area (Å²) in [5.41, 5.74) is 4.33. The summed E-state index contributed by atoms with van der Waals surface area (Å²) in [6.07, 6.45) is 1.69. The SMILES string of the molecule is CCC(C)(C)C(=O)C(CCCNC(N)=O)NC(=O)C(NC(C)(C)C)C(C)C. The number of nitrogens with one attached hydrogen (secondary N) is 3. The van der Waals surface area contributed by atoms with Crippen molar-refractivity contribution in [1.82, 2.24) is 16.0 Å². The summed E-state index contributed by atoms with van der Waals surface area (Å²) in [6, 6.07) is -1.58. The summed E-state index contributed by atoms with van der Waals surface area (Å²) in [5.74, 6) is -0.0839. The zero-order valence-corrected chi connectivity index (χ0v) is 18.4. The van der Waals surface area contributed by atoms with E-state index in [0.717, 1.165) is 0 Å². The Labute approximate surface area is 164 Å². The summed E-state index contributed by atoms with van der Waals surface area (Å²) in [4.78, 5) is 36.7. The number of ketones is 1. The molecule has 0 bridgehead atoms. The summed E-state index contributed by atoms with van der Waals surface area (Å²) >= 11 is 0. The van der Waals surface area contributed by atoms with Crippen LogP contribution in [0.4, 0.5) is 4.79 Å². The lowest BCUT2D eigenvalue weighted by molar-refractivity contribution is -0.134. The van der Waals surface area contributed by atoms with Crippen LogP contribution in [0.3, 0.4) is 0 Å². The Kier molecular flexibility index (Phi) is 10.00. The summed E-state index contributed by atoms with van der Waals surface area (Å²) in [5, 5.41) is 8.81. The molecule has 0 heterocycles. The number of carbonyl (C=O) groups is 3. The highest BCUT2D eigenvalue weighted by molar-refractivity contribution is 5.93. The van der Waals surface area contributed by atoms with Gasteiger partial charge in [0.05, 0.1) is 12.1 Å². The van der Waals surface area contributed by atoms with Gasteiger partial charge in [0, 0.05) is 17.5 Å². The first-order valence-electron chi connectivity index (χ1n) is 9.87. The van der Waals surface area contributed by atoms with Crippen LogP contribution in [-0.4, -0.2) is 41.9 Å². The molecule has 158 valence electrons. The standard InChI is InChI=1S/C20H40N4O3/c1-9-20(7,8)16(25)14(11-10-12-22-18(21)27)23-17(26)15(13(2)3)24-19(4,5)6/h13-15,24H,9-12H2,1-8H3,(H,23,26)(H3,21,22,27). The number of primary amides is 1. The Hall–Kier alpha value is -1.63. The van der Waals surface area contributed by atoms with Crippen molar-refractivity contribution in [3.05, 3.63) is 0 Å². The highest BCUT2D eigenvalue weighted by atomic mass is 16.2. The van der Waals surface area contributed by atoms with Crippen LogP contribution in [0.25, 0.3) is 0 Å². The highest BCUT2D eigenvalue weighted by Gasteiger charge is 2.35. The predicted molar refractivity (Wildman–Crippen MR) is 109 cm³/mol. The van der Waals surface area contributed by atoms with Gasteiger partial charge in [-0.15, -0.1) is 0 Å². The van der Waals surface area contributed by atoms with Crippen LogP contribution in [-0.2, 0) is 9.59 Å². The molecule has 0 aliphatic rings. The number of hydrogen-bond acceptors (Lipinski definition) is 4. The van der Waals surface area contributed by atoms with Crippen molar-refractivity contribution in [3.8, 4) is 0 Å². The maximum atomic E-state index is 13.0. The lowest BCUT2D eigenvalue weighted by atomic mass is 9.80. The van der Waals surface area contributed by atoms with E-state index in [1.54, 1.807) is 0 Å². The molecule has 27 heavy (non-hydrogen) atoms. The fourth-order valence-electron chi connectivity index (χ4n) is 2.70. The molecule has 2 unspecified atom stereocenters. The van der Waals surface area contributed by atoms with E-state index in [4.69, 9.17) is 5.73 Å². The third-order valence-corrected chi connectivity index (χ3v) is 4.69. The third kappa shape index (κ3) is 9.75. The van der Waals surface area contributed by atoms with Gasteiger partial charge < -0.3 is 21.7 Å². The molecule has 0 aliphatic heterocycles. The minimum absolute atomic E-state index is 0.00990. The average molecular weight is 385 g/mol. The van der Waals surface area contributed by atoms with Crippen LogP contribution in [0, 0.1) is 11.3 Å². The number of urea groups is 1. The van der Waals surface area contributed by atoms with Crippen LogP contribution in [0.15, 0.2) is 0 Å². The van der Waals surface area contributed by atoms with Crippen LogP contribution in [0.5, 0.6) is 0 Å². The number of carbonyl (C=O) groups excluding carboxylic acids is 3. The van der Waals surface area contributed by atoms with Gasteiger partial charge in [-0.25, -0.2) is 4.79 Å². The molecule has 7 heteroatoms. The van der Waals surface area contributed by atoms with E-state index in [-0.39, 0.29) is 23.1 Å². The Morgan fingerprint density at radius 2 is 1.59 bits per heavy atom. The molecule has 7 nitrogen and oxygen atoms in total. The van der Waals surface area contributed by atoms with Crippen LogP contribution >= 0.6 is 0 Å². The first-order chi connectivity index (χ1) is 12.2. The fourth-order valence-corrected chi connectivity index (χ4v) is 2.70. The van der Waals surface area contributed by atoms with Gasteiger partial charge in [0.15, 0.2) is 5.78 Å². The molecule has 0 rings (SSSR count). The second-order valence-electron chi connectivity index (χ2n) is 9.21. The topological polar surface area (TPSA) is 113 Å². The quantitative estimate of drug-likeness (QED) is 0.409. The second kappa shape index (κ2) is 10.6. The van der Waals surface area contributed by atoms with Gasteiger partial charge in [0.2, 0.25) is 5.91 Å². The maximum absolute atomic E-state index is 13.0. The first kappa shape index (κ1) is 25.4. The molecule has 0 spiro atoms. The summed E-state index contributed by atoms with van der Waals surface area (Å²) in [6.45, 7) is 16.1. The molecule has 0 radical (unpaired) electrons. The Morgan fingerprint density at radius 3 is 2.00 bits per heavy atom. The van der Waals surface area contributed by atoms with Gasteiger partial charge in [0.1, 0.15) is 0 Å². The van der Waals surface area contributed by atoms with Gasteiger partial charge in [0.25, 0.3) is 0 Å². The van der Waals surface area contributed by atoms with E-state index in [9.17, 15) is 14.4 Å². The molecule has 0 aliphatic carbocycles. The molecule has 0 aromatic rings. The van der Waals surface area contributed by atoms with Crippen LogP contribution in [0.1, 0.15) is 74.7 Å². The summed E-state index contributed by atoms with van der Waals surface area (Å²) < 4.78 is 0. The van der Waals surface area contributed by atoms with Crippen molar-refractivity contribution in [3.63, 3.8) is 0 Å². The lowest BCUT2D eigenvalue weighted by Crippen LogP contribution is -2.57. The Bertz CT molecular complexity index is 510. The average Bonchev–Trinajstić information content (AvgIpc) is 2.53. The van der Waals surface area contributed by atoms with Crippen LogP contribution < -0.4 is 21.7 Å². The van der Waals surface area contributed by atoms with Crippen molar-refractivity contribution in [1.29, 1.82) is 0 Å². The highest BCUT2D eigenvalue weighted by Crippen LogP contribution is 2.24. The third-order valence-electron chi connectivity index (χ3n) is 4.69. The predicted octanol–water partition coefficient (Wildman–Crippen LogP) is 2.34. The van der Waals surface area contributed by atoms with E-state index >= 15 is 0 Å². The molecule has 2 atom stereocenters. The fraction of sp³-hybridized carbons (Fsp3) is 0.850. The monoisotopic (exact) mass is 384 g/mol. The summed E-state index contributed by atoms with van der Waals surface area (Å²) in [7, 11) is 0. The van der Waals surface area contributed by atoms with Crippen molar-refractivity contribution in [2.45, 2.75) is 92.3 Å². The van der Waals surface area contributed by atoms with E-state index in [1.165, 1.54) is 0 Å². The lowest BCUT2D eigenvalue weighted by Gasteiger charge is -2.33. The Morgan fingerprint density at radius 1 is 1.04 bits per heavy atom. The van der Waals surface area contributed by atoms with Crippen molar-refractivity contribution < 1.29 is 14.4 Å². The molecule has 0 aromatic carbocycles.